The molecule has 0 unspecified atom stereocenters. The van der Waals surface area contributed by atoms with Gasteiger partial charge >= 0.3 is 0 Å². The molecule has 0 radical (unpaired) electrons. The van der Waals surface area contributed by atoms with Crippen molar-refractivity contribution in [1.82, 2.24) is 9.80 Å². The average molecular weight is 346 g/mol. The Hall–Kier alpha value is -2.31. The monoisotopic (exact) mass is 346 g/mol. The summed E-state index contributed by atoms with van der Waals surface area (Å²) in [6, 6.07) is 12.6. The van der Waals surface area contributed by atoms with Gasteiger partial charge in [0.2, 0.25) is 0 Å². The minimum absolute atomic E-state index is 0.150. The minimum atomic E-state index is -1.02. The number of piperazine rings is 1. The fraction of sp³-hybridized carbons (Fsp3) is 0.316. The van der Waals surface area contributed by atoms with Crippen LogP contribution in [0.3, 0.4) is 0 Å². The Bertz CT molecular complexity index is 731. The number of β-amino-alcohol motifs (C(OH)–C–C–N with tert-alkyl or cyclic N) is 1. The van der Waals surface area contributed by atoms with E-state index in [1.54, 1.807) is 4.90 Å². The Morgan fingerprint density at radius 2 is 1.68 bits per heavy atom. The van der Waals surface area contributed by atoms with Gasteiger partial charge in [-0.05, 0) is 23.8 Å². The lowest BCUT2D eigenvalue weighted by Gasteiger charge is -2.35. The molecule has 0 spiro atoms. The summed E-state index contributed by atoms with van der Waals surface area (Å²) in [5, 5.41) is 10.3. The van der Waals surface area contributed by atoms with E-state index in [1.165, 1.54) is 6.07 Å². The number of aliphatic hydroxyl groups is 1. The third kappa shape index (κ3) is 4.21. The minimum Gasteiger partial charge on any atom is -0.387 e. The second-order valence-corrected chi connectivity index (χ2v) is 6.15. The number of carbonyl (C=O) groups is 1. The molecule has 3 rings (SSSR count). The van der Waals surface area contributed by atoms with E-state index in [9.17, 15) is 18.7 Å². The van der Waals surface area contributed by atoms with E-state index in [1.807, 2.05) is 30.3 Å². The van der Waals surface area contributed by atoms with Crippen LogP contribution in [0.4, 0.5) is 8.78 Å². The Morgan fingerprint density at radius 3 is 2.32 bits per heavy atom. The smallest absolute Gasteiger partial charge is 0.254 e. The van der Waals surface area contributed by atoms with Crippen molar-refractivity contribution < 1.29 is 18.7 Å². The zero-order valence-electron chi connectivity index (χ0n) is 13.7. The molecule has 1 N–H and O–H groups in total. The van der Waals surface area contributed by atoms with Crippen LogP contribution in [0.15, 0.2) is 48.5 Å². The van der Waals surface area contributed by atoms with E-state index in [-0.39, 0.29) is 11.5 Å². The van der Waals surface area contributed by atoms with Gasteiger partial charge in [0, 0.05) is 38.3 Å². The first-order chi connectivity index (χ1) is 12.0. The molecule has 4 nitrogen and oxygen atoms in total. The molecule has 1 saturated heterocycles. The molecule has 1 aliphatic rings. The Labute approximate surface area is 145 Å². The van der Waals surface area contributed by atoms with Gasteiger partial charge in [0.25, 0.3) is 5.91 Å². The SMILES string of the molecule is O=C(c1ccc(F)c(F)c1)N1CCN(C[C@H](O)c2ccccc2)CC1. The normalized spacial score (nSPS) is 16.7. The number of hydrogen-bond donors (Lipinski definition) is 1. The number of hydrogen-bond acceptors (Lipinski definition) is 3. The topological polar surface area (TPSA) is 43.8 Å². The molecule has 1 atom stereocenters. The number of carbonyl (C=O) groups excluding carboxylic acids is 1. The Kier molecular flexibility index (Phi) is 5.40. The highest BCUT2D eigenvalue weighted by Gasteiger charge is 2.24. The van der Waals surface area contributed by atoms with Gasteiger partial charge in [-0.2, -0.15) is 0 Å². The van der Waals surface area contributed by atoms with E-state index >= 15 is 0 Å². The predicted octanol–water partition coefficient (Wildman–Crippen LogP) is 2.46. The molecule has 0 saturated carbocycles. The van der Waals surface area contributed by atoms with Crippen LogP contribution in [-0.4, -0.2) is 53.5 Å². The maximum absolute atomic E-state index is 13.3. The van der Waals surface area contributed by atoms with Gasteiger partial charge in [-0.1, -0.05) is 30.3 Å². The molecular formula is C19H20F2N2O2. The highest BCUT2D eigenvalue weighted by molar-refractivity contribution is 5.94. The Balaban J connectivity index is 1.54. The largest absolute Gasteiger partial charge is 0.387 e. The standard InChI is InChI=1S/C19H20F2N2O2/c20-16-7-6-15(12-17(16)21)19(25)23-10-8-22(9-11-23)13-18(24)14-4-2-1-3-5-14/h1-7,12,18,24H,8-11,13H2/t18-/m0/s1. The molecule has 2 aromatic carbocycles. The second kappa shape index (κ2) is 7.72. The van der Waals surface area contributed by atoms with E-state index < -0.39 is 17.7 Å². The zero-order chi connectivity index (χ0) is 17.8. The molecule has 132 valence electrons. The quantitative estimate of drug-likeness (QED) is 0.925. The first kappa shape index (κ1) is 17.5. The van der Waals surface area contributed by atoms with Crippen molar-refractivity contribution in [1.29, 1.82) is 0 Å². The van der Waals surface area contributed by atoms with Crippen molar-refractivity contribution in [3.05, 3.63) is 71.3 Å². The predicted molar refractivity (Wildman–Crippen MR) is 90.1 cm³/mol. The van der Waals surface area contributed by atoms with Crippen LogP contribution in [-0.2, 0) is 0 Å². The van der Waals surface area contributed by atoms with Gasteiger partial charge in [-0.3, -0.25) is 9.69 Å². The summed E-state index contributed by atoms with van der Waals surface area (Å²) in [6.45, 7) is 2.72. The van der Waals surface area contributed by atoms with Crippen LogP contribution in [0, 0.1) is 11.6 Å². The van der Waals surface area contributed by atoms with E-state index in [4.69, 9.17) is 0 Å². The molecule has 1 aliphatic heterocycles. The summed E-state index contributed by atoms with van der Waals surface area (Å²) in [7, 11) is 0. The molecule has 0 bridgehead atoms. The molecule has 0 aromatic heterocycles. The number of rotatable bonds is 4. The lowest BCUT2D eigenvalue weighted by molar-refractivity contribution is 0.0527. The first-order valence-electron chi connectivity index (χ1n) is 8.24. The third-order valence-corrected chi connectivity index (χ3v) is 4.44. The van der Waals surface area contributed by atoms with Crippen LogP contribution in [0.5, 0.6) is 0 Å². The molecule has 6 heteroatoms. The van der Waals surface area contributed by atoms with Crippen molar-refractivity contribution in [2.75, 3.05) is 32.7 Å². The fourth-order valence-corrected chi connectivity index (χ4v) is 2.97. The highest BCUT2D eigenvalue weighted by Crippen LogP contribution is 2.16. The van der Waals surface area contributed by atoms with Crippen LogP contribution >= 0.6 is 0 Å². The second-order valence-electron chi connectivity index (χ2n) is 6.15. The summed E-state index contributed by atoms with van der Waals surface area (Å²) in [5.41, 5.74) is 1.01. The van der Waals surface area contributed by atoms with Gasteiger partial charge < -0.3 is 10.0 Å². The maximum atomic E-state index is 13.3. The van der Waals surface area contributed by atoms with Crippen molar-refractivity contribution in [3.8, 4) is 0 Å². The lowest BCUT2D eigenvalue weighted by Crippen LogP contribution is -2.49. The first-order valence-corrected chi connectivity index (χ1v) is 8.24. The summed E-state index contributed by atoms with van der Waals surface area (Å²) in [4.78, 5) is 16.1. The zero-order valence-corrected chi connectivity index (χ0v) is 13.7. The maximum Gasteiger partial charge on any atom is 0.254 e. The number of aliphatic hydroxyl groups excluding tert-OH is 1. The number of halogens is 2. The van der Waals surface area contributed by atoms with Crippen molar-refractivity contribution in [3.63, 3.8) is 0 Å². The third-order valence-electron chi connectivity index (χ3n) is 4.44. The molecule has 1 amide bonds. The van der Waals surface area contributed by atoms with Crippen molar-refractivity contribution in [2.45, 2.75) is 6.10 Å². The summed E-state index contributed by atoms with van der Waals surface area (Å²) in [6.07, 6.45) is -0.574. The number of nitrogens with zero attached hydrogens (tertiary/aromatic N) is 2. The van der Waals surface area contributed by atoms with Crippen molar-refractivity contribution >= 4 is 5.91 Å². The van der Waals surface area contributed by atoms with Crippen LogP contribution in [0.25, 0.3) is 0 Å². The van der Waals surface area contributed by atoms with Crippen LogP contribution in [0.2, 0.25) is 0 Å². The summed E-state index contributed by atoms with van der Waals surface area (Å²) in [5.74, 6) is -2.28. The summed E-state index contributed by atoms with van der Waals surface area (Å²) < 4.78 is 26.3. The number of benzene rings is 2. The summed E-state index contributed by atoms with van der Waals surface area (Å²) >= 11 is 0. The van der Waals surface area contributed by atoms with E-state index in [0.29, 0.717) is 32.7 Å². The van der Waals surface area contributed by atoms with E-state index in [0.717, 1.165) is 17.7 Å². The molecule has 1 fully saturated rings. The van der Waals surface area contributed by atoms with Gasteiger partial charge in [0.15, 0.2) is 11.6 Å². The van der Waals surface area contributed by atoms with Crippen LogP contribution < -0.4 is 0 Å². The van der Waals surface area contributed by atoms with Gasteiger partial charge in [-0.15, -0.1) is 0 Å². The van der Waals surface area contributed by atoms with Crippen molar-refractivity contribution in [2.24, 2.45) is 0 Å². The van der Waals surface area contributed by atoms with Gasteiger partial charge in [0.1, 0.15) is 0 Å². The molecular weight excluding hydrogens is 326 g/mol. The highest BCUT2D eigenvalue weighted by atomic mass is 19.2. The van der Waals surface area contributed by atoms with Crippen LogP contribution in [0.1, 0.15) is 22.0 Å². The molecule has 1 heterocycles. The lowest BCUT2D eigenvalue weighted by atomic mass is 10.1. The molecule has 25 heavy (non-hydrogen) atoms. The Morgan fingerprint density at radius 1 is 1.00 bits per heavy atom. The fourth-order valence-electron chi connectivity index (χ4n) is 2.97. The van der Waals surface area contributed by atoms with Gasteiger partial charge in [-0.25, -0.2) is 8.78 Å². The molecule has 2 aromatic rings. The molecule has 0 aliphatic carbocycles. The van der Waals surface area contributed by atoms with E-state index in [2.05, 4.69) is 4.90 Å². The van der Waals surface area contributed by atoms with Gasteiger partial charge in [0.05, 0.1) is 6.10 Å². The average Bonchev–Trinajstić information content (AvgIpc) is 2.65. The number of amides is 1.